The minimum atomic E-state index is -1.10. The normalized spacial score (nSPS) is 24.4. The number of halogens is 1. The first-order chi connectivity index (χ1) is 17.4. The quantitative estimate of drug-likeness (QED) is 0.564. The molecule has 0 aromatic carbocycles. The molecule has 190 valence electrons. The fourth-order valence-electron chi connectivity index (χ4n) is 4.54. The number of rotatable bonds is 6. The van der Waals surface area contributed by atoms with Crippen LogP contribution in [0.2, 0.25) is 0 Å². The molecule has 2 aliphatic heterocycles. The first kappa shape index (κ1) is 24.3. The lowest BCUT2D eigenvalue weighted by Gasteiger charge is -2.29. The van der Waals surface area contributed by atoms with Crippen molar-refractivity contribution in [2.75, 3.05) is 31.6 Å². The van der Waals surface area contributed by atoms with Gasteiger partial charge in [0.2, 0.25) is 5.91 Å². The van der Waals surface area contributed by atoms with E-state index in [2.05, 4.69) is 15.6 Å². The summed E-state index contributed by atoms with van der Waals surface area (Å²) in [6, 6.07) is 3.26. The molecule has 1 aliphatic carbocycles. The SMILES string of the molecule is CCC(O)C1C=C(C)C(c2cc3cnc(NC(=O)C4CC4F)cc3nc2C(=O)N2CCOCC2)=CN1. The third-order valence-electron chi connectivity index (χ3n) is 6.90. The van der Waals surface area contributed by atoms with Gasteiger partial charge in [-0.15, -0.1) is 0 Å². The van der Waals surface area contributed by atoms with Crippen LogP contribution in [0, 0.1) is 5.92 Å². The predicted molar refractivity (Wildman–Crippen MR) is 133 cm³/mol. The number of nitrogens with zero attached hydrogens (tertiary/aromatic N) is 3. The lowest BCUT2D eigenvalue weighted by molar-refractivity contribution is -0.117. The summed E-state index contributed by atoms with van der Waals surface area (Å²) in [4.78, 5) is 36.5. The zero-order valence-electron chi connectivity index (χ0n) is 20.3. The number of allylic oxidation sites excluding steroid dienone is 2. The summed E-state index contributed by atoms with van der Waals surface area (Å²) in [5.41, 5.74) is 3.17. The number of carbonyl (C=O) groups is 2. The molecule has 3 N–H and O–H groups in total. The Hall–Kier alpha value is -3.37. The minimum Gasteiger partial charge on any atom is -0.391 e. The monoisotopic (exact) mass is 495 g/mol. The summed E-state index contributed by atoms with van der Waals surface area (Å²) >= 11 is 0. The number of aromatic nitrogens is 2. The highest BCUT2D eigenvalue weighted by molar-refractivity contribution is 6.03. The van der Waals surface area contributed by atoms with Crippen LogP contribution in [0.4, 0.5) is 10.2 Å². The Morgan fingerprint density at radius 2 is 2.08 bits per heavy atom. The van der Waals surface area contributed by atoms with Crippen LogP contribution in [0.25, 0.3) is 16.5 Å². The van der Waals surface area contributed by atoms with Crippen molar-refractivity contribution in [1.29, 1.82) is 0 Å². The molecule has 0 spiro atoms. The molecule has 9 nitrogen and oxygen atoms in total. The van der Waals surface area contributed by atoms with Crippen LogP contribution < -0.4 is 10.6 Å². The van der Waals surface area contributed by atoms with E-state index < -0.39 is 24.1 Å². The van der Waals surface area contributed by atoms with Gasteiger partial charge < -0.3 is 25.4 Å². The van der Waals surface area contributed by atoms with Gasteiger partial charge in [0, 0.05) is 48.1 Å². The summed E-state index contributed by atoms with van der Waals surface area (Å²) < 4.78 is 18.7. The molecule has 0 radical (unpaired) electrons. The second kappa shape index (κ2) is 9.94. The number of hydrogen-bond donors (Lipinski definition) is 3. The maximum atomic E-state index is 13.6. The Morgan fingerprint density at radius 1 is 1.33 bits per heavy atom. The van der Waals surface area contributed by atoms with Crippen LogP contribution in [-0.2, 0) is 9.53 Å². The van der Waals surface area contributed by atoms with Gasteiger partial charge in [-0.25, -0.2) is 14.4 Å². The van der Waals surface area contributed by atoms with Gasteiger partial charge in [-0.2, -0.15) is 0 Å². The van der Waals surface area contributed by atoms with Crippen molar-refractivity contribution < 1.29 is 23.8 Å². The summed E-state index contributed by atoms with van der Waals surface area (Å²) in [6.07, 6.45) is 4.58. The molecule has 3 aliphatic rings. The van der Waals surface area contributed by atoms with Crippen LogP contribution in [0.1, 0.15) is 42.7 Å². The zero-order valence-corrected chi connectivity index (χ0v) is 20.3. The van der Waals surface area contributed by atoms with E-state index in [0.29, 0.717) is 49.2 Å². The van der Waals surface area contributed by atoms with Crippen molar-refractivity contribution >= 4 is 34.1 Å². The topological polar surface area (TPSA) is 117 Å². The molecule has 5 rings (SSSR count). The first-order valence-electron chi connectivity index (χ1n) is 12.3. The summed E-state index contributed by atoms with van der Waals surface area (Å²) in [6.45, 7) is 5.74. The van der Waals surface area contributed by atoms with Gasteiger partial charge in [-0.3, -0.25) is 9.59 Å². The van der Waals surface area contributed by atoms with Gasteiger partial charge in [-0.05, 0) is 31.4 Å². The first-order valence-corrected chi connectivity index (χ1v) is 12.3. The number of anilines is 1. The highest BCUT2D eigenvalue weighted by atomic mass is 19.1. The summed E-state index contributed by atoms with van der Waals surface area (Å²) in [5.74, 6) is -0.978. The Labute approximate surface area is 208 Å². The van der Waals surface area contributed by atoms with Crippen LogP contribution in [0.15, 0.2) is 36.2 Å². The summed E-state index contributed by atoms with van der Waals surface area (Å²) in [7, 11) is 0. The van der Waals surface area contributed by atoms with Gasteiger partial charge in [0.25, 0.3) is 5.91 Å². The number of hydrogen-bond acceptors (Lipinski definition) is 7. The number of carbonyl (C=O) groups excluding carboxylic acids is 2. The highest BCUT2D eigenvalue weighted by Gasteiger charge is 2.43. The van der Waals surface area contributed by atoms with Gasteiger partial charge in [0.15, 0.2) is 0 Å². The molecule has 0 bridgehead atoms. The number of ether oxygens (including phenoxy) is 1. The molecule has 2 aromatic heterocycles. The van der Waals surface area contributed by atoms with Gasteiger partial charge in [-0.1, -0.05) is 13.0 Å². The summed E-state index contributed by atoms with van der Waals surface area (Å²) in [5, 5.41) is 16.9. The second-order valence-corrected chi connectivity index (χ2v) is 9.47. The molecular formula is C26H30FN5O4. The molecular weight excluding hydrogens is 465 g/mol. The van der Waals surface area contributed by atoms with Gasteiger partial charge in [0.05, 0.1) is 36.8 Å². The van der Waals surface area contributed by atoms with Crippen LogP contribution in [0.3, 0.4) is 0 Å². The number of morpholine rings is 1. The molecule has 2 amide bonds. The van der Waals surface area contributed by atoms with Crippen molar-refractivity contribution in [1.82, 2.24) is 20.2 Å². The van der Waals surface area contributed by atoms with E-state index in [0.717, 1.165) is 11.1 Å². The van der Waals surface area contributed by atoms with Crippen molar-refractivity contribution in [2.24, 2.45) is 5.92 Å². The lowest BCUT2D eigenvalue weighted by atomic mass is 9.91. The lowest BCUT2D eigenvalue weighted by Crippen LogP contribution is -2.41. The van der Waals surface area contributed by atoms with E-state index in [1.165, 1.54) is 0 Å². The van der Waals surface area contributed by atoms with Crippen LogP contribution in [-0.4, -0.2) is 76.4 Å². The molecule has 4 unspecified atom stereocenters. The largest absolute Gasteiger partial charge is 0.391 e. The van der Waals surface area contributed by atoms with E-state index in [-0.39, 0.29) is 29.9 Å². The molecule has 1 saturated carbocycles. The maximum Gasteiger partial charge on any atom is 0.273 e. The van der Waals surface area contributed by atoms with E-state index in [1.54, 1.807) is 17.2 Å². The Bertz CT molecular complexity index is 1260. The predicted octanol–water partition coefficient (Wildman–Crippen LogP) is 2.43. The van der Waals surface area contributed by atoms with E-state index in [1.807, 2.05) is 32.2 Å². The van der Waals surface area contributed by atoms with E-state index in [4.69, 9.17) is 9.72 Å². The van der Waals surface area contributed by atoms with Crippen LogP contribution >= 0.6 is 0 Å². The zero-order chi connectivity index (χ0) is 25.4. The smallest absolute Gasteiger partial charge is 0.273 e. The molecule has 4 heterocycles. The van der Waals surface area contributed by atoms with Gasteiger partial charge >= 0.3 is 0 Å². The number of dihydropyridines is 1. The Kier molecular flexibility index (Phi) is 6.72. The number of pyridine rings is 2. The van der Waals surface area contributed by atoms with Crippen molar-refractivity contribution in [3.8, 4) is 0 Å². The fourth-order valence-corrected chi connectivity index (χ4v) is 4.54. The Morgan fingerprint density at radius 3 is 2.75 bits per heavy atom. The molecule has 36 heavy (non-hydrogen) atoms. The average Bonchev–Trinajstić information content (AvgIpc) is 3.64. The third kappa shape index (κ3) is 4.83. The van der Waals surface area contributed by atoms with Crippen molar-refractivity contribution in [3.05, 3.63) is 47.4 Å². The number of amides is 2. The molecule has 2 aromatic rings. The highest BCUT2D eigenvalue weighted by Crippen LogP contribution is 2.35. The number of alkyl halides is 1. The molecule has 1 saturated heterocycles. The minimum absolute atomic E-state index is 0.208. The average molecular weight is 496 g/mol. The molecule has 10 heteroatoms. The third-order valence-corrected chi connectivity index (χ3v) is 6.90. The number of nitrogens with one attached hydrogen (secondary N) is 2. The number of fused-ring (bicyclic) bond motifs is 1. The van der Waals surface area contributed by atoms with E-state index in [9.17, 15) is 19.1 Å². The van der Waals surface area contributed by atoms with Crippen LogP contribution in [0.5, 0.6) is 0 Å². The Balaban J connectivity index is 1.53. The van der Waals surface area contributed by atoms with Crippen molar-refractivity contribution in [3.63, 3.8) is 0 Å². The molecule has 4 atom stereocenters. The molecule has 2 fully saturated rings. The van der Waals surface area contributed by atoms with Gasteiger partial charge in [0.1, 0.15) is 17.7 Å². The standard InChI is InChI=1S/C26H30FN5O4/c1-3-22(33)21-8-14(2)18(13-28-21)16-9-15-12-29-23(31-25(34)17-10-19(17)27)11-20(15)30-24(16)26(35)32-4-6-36-7-5-32/h8-9,11-13,17,19,21-22,28,33H,3-7,10H2,1-2H3,(H,29,31,34). The number of aliphatic hydroxyl groups excluding tert-OH is 1. The maximum absolute atomic E-state index is 13.6. The number of aliphatic hydroxyl groups is 1. The van der Waals surface area contributed by atoms with Crippen molar-refractivity contribution in [2.45, 2.75) is 45.0 Å². The van der Waals surface area contributed by atoms with E-state index >= 15 is 0 Å². The second-order valence-electron chi connectivity index (χ2n) is 9.47. The fraction of sp³-hybridized carbons (Fsp3) is 0.462.